The maximum Gasteiger partial charge on any atom is 0.249 e. The van der Waals surface area contributed by atoms with E-state index >= 15 is 0 Å². The number of amides is 1. The Morgan fingerprint density at radius 3 is 1.00 bits per heavy atom. The fourth-order valence-electron chi connectivity index (χ4n) is 10.9. The third-order valence-electron chi connectivity index (χ3n) is 16.2. The molecule has 0 aromatic rings. The summed E-state index contributed by atoms with van der Waals surface area (Å²) in [7, 11) is 0. The molecular formula is C63H125NO10. The van der Waals surface area contributed by atoms with E-state index in [0.717, 1.165) is 38.5 Å². The molecular weight excluding hydrogens is 931 g/mol. The molecule has 1 aliphatic heterocycles. The minimum absolute atomic E-state index is 0.267. The molecule has 11 heteroatoms. The molecule has 1 heterocycles. The Morgan fingerprint density at radius 1 is 0.419 bits per heavy atom. The van der Waals surface area contributed by atoms with Gasteiger partial charge in [0.15, 0.2) is 6.29 Å². The standard InChI is InChI=1S/C63H125NO10/c1-3-5-7-9-11-13-15-17-19-21-22-23-24-25-26-27-28-29-30-31-32-33-35-36-38-40-42-44-46-48-50-55(66)58(68)54(53-73-63-61(71)60(70)59(69)57(52-65)74-63)64-62(72)56(67)51-49-47-45-43-41-39-37-34-20-18-16-14-12-10-8-6-4-2/h54-61,63,65-71H,3-53H2,1-2H3,(H,64,72). The summed E-state index contributed by atoms with van der Waals surface area (Å²) in [5.41, 5.74) is 0. The second-order valence-corrected chi connectivity index (χ2v) is 23.2. The molecule has 1 fully saturated rings. The van der Waals surface area contributed by atoms with Crippen molar-refractivity contribution in [2.75, 3.05) is 13.2 Å². The molecule has 1 saturated heterocycles. The number of aliphatic hydroxyl groups is 7. The quantitative estimate of drug-likeness (QED) is 0.0272. The maximum atomic E-state index is 13.2. The molecule has 1 rings (SSSR count). The number of hydrogen-bond donors (Lipinski definition) is 8. The van der Waals surface area contributed by atoms with Crippen molar-refractivity contribution in [3.8, 4) is 0 Å². The highest BCUT2D eigenvalue weighted by atomic mass is 16.7. The Kier molecular flexibility index (Phi) is 50.7. The summed E-state index contributed by atoms with van der Waals surface area (Å²) in [6, 6.07) is -1.16. The number of rotatable bonds is 57. The van der Waals surface area contributed by atoms with Crippen molar-refractivity contribution in [2.45, 2.75) is 384 Å². The molecule has 0 aromatic heterocycles. The Hall–Kier alpha value is -0.890. The van der Waals surface area contributed by atoms with Gasteiger partial charge < -0.3 is 50.5 Å². The van der Waals surface area contributed by atoms with Gasteiger partial charge in [-0.1, -0.05) is 316 Å². The normalized spacial score (nSPS) is 19.7. The zero-order valence-corrected chi connectivity index (χ0v) is 48.6. The number of ether oxygens (including phenoxy) is 2. The molecule has 1 aliphatic rings. The van der Waals surface area contributed by atoms with Crippen molar-refractivity contribution in [1.29, 1.82) is 0 Å². The van der Waals surface area contributed by atoms with E-state index in [4.69, 9.17) is 9.47 Å². The van der Waals surface area contributed by atoms with Crippen LogP contribution in [0.1, 0.15) is 328 Å². The van der Waals surface area contributed by atoms with Crippen molar-refractivity contribution in [3.63, 3.8) is 0 Å². The van der Waals surface area contributed by atoms with Crippen molar-refractivity contribution in [3.05, 3.63) is 0 Å². The molecule has 9 atom stereocenters. The van der Waals surface area contributed by atoms with Crippen LogP contribution in [0.5, 0.6) is 0 Å². The Bertz CT molecular complexity index is 1160. The average Bonchev–Trinajstić information content (AvgIpc) is 3.40. The predicted molar refractivity (Wildman–Crippen MR) is 307 cm³/mol. The molecule has 0 bridgehead atoms. The molecule has 0 aromatic carbocycles. The van der Waals surface area contributed by atoms with Gasteiger partial charge in [0.1, 0.15) is 36.6 Å². The largest absolute Gasteiger partial charge is 0.394 e. The molecule has 442 valence electrons. The third kappa shape index (κ3) is 40.3. The maximum absolute atomic E-state index is 13.2. The summed E-state index contributed by atoms with van der Waals surface area (Å²) in [6.07, 6.45) is 50.3. The van der Waals surface area contributed by atoms with Crippen LogP contribution in [0.15, 0.2) is 0 Å². The van der Waals surface area contributed by atoms with Gasteiger partial charge >= 0.3 is 0 Å². The lowest BCUT2D eigenvalue weighted by atomic mass is 9.98. The van der Waals surface area contributed by atoms with Crippen molar-refractivity contribution < 1.29 is 50.0 Å². The average molecular weight is 1060 g/mol. The van der Waals surface area contributed by atoms with Crippen LogP contribution < -0.4 is 5.32 Å². The van der Waals surface area contributed by atoms with E-state index < -0.39 is 74.2 Å². The molecule has 0 aliphatic carbocycles. The molecule has 1 amide bonds. The first-order chi connectivity index (χ1) is 36.2. The van der Waals surface area contributed by atoms with E-state index in [2.05, 4.69) is 19.2 Å². The van der Waals surface area contributed by atoms with Gasteiger partial charge in [0.05, 0.1) is 25.4 Å². The summed E-state index contributed by atoms with van der Waals surface area (Å²) in [6.45, 7) is 3.51. The lowest BCUT2D eigenvalue weighted by Crippen LogP contribution is -2.60. The van der Waals surface area contributed by atoms with Crippen LogP contribution in [0.4, 0.5) is 0 Å². The fourth-order valence-corrected chi connectivity index (χ4v) is 10.9. The van der Waals surface area contributed by atoms with Crippen molar-refractivity contribution in [1.82, 2.24) is 5.32 Å². The number of aliphatic hydroxyl groups excluding tert-OH is 7. The van der Waals surface area contributed by atoms with Crippen LogP contribution in [-0.4, -0.2) is 110 Å². The number of nitrogens with one attached hydrogen (secondary N) is 1. The fraction of sp³-hybridized carbons (Fsp3) is 0.984. The number of carbonyl (C=O) groups excluding carboxylic acids is 1. The molecule has 0 radical (unpaired) electrons. The summed E-state index contributed by atoms with van der Waals surface area (Å²) >= 11 is 0. The summed E-state index contributed by atoms with van der Waals surface area (Å²) in [4.78, 5) is 13.2. The van der Waals surface area contributed by atoms with Crippen LogP contribution in [0.25, 0.3) is 0 Å². The van der Waals surface area contributed by atoms with Gasteiger partial charge in [-0.3, -0.25) is 4.79 Å². The van der Waals surface area contributed by atoms with Gasteiger partial charge in [0.2, 0.25) is 5.91 Å². The number of carbonyl (C=O) groups is 1. The van der Waals surface area contributed by atoms with E-state index in [0.29, 0.717) is 19.3 Å². The molecule has 11 nitrogen and oxygen atoms in total. The molecule has 9 unspecified atom stereocenters. The Morgan fingerprint density at radius 2 is 0.703 bits per heavy atom. The van der Waals surface area contributed by atoms with Gasteiger partial charge in [-0.25, -0.2) is 0 Å². The first kappa shape index (κ1) is 71.1. The van der Waals surface area contributed by atoms with E-state index in [1.165, 1.54) is 250 Å². The second-order valence-electron chi connectivity index (χ2n) is 23.2. The lowest BCUT2D eigenvalue weighted by Gasteiger charge is -2.40. The molecule has 0 saturated carbocycles. The van der Waals surface area contributed by atoms with E-state index in [9.17, 15) is 40.5 Å². The summed E-state index contributed by atoms with van der Waals surface area (Å²) in [5, 5.41) is 76.3. The highest BCUT2D eigenvalue weighted by molar-refractivity contribution is 5.80. The minimum atomic E-state index is -1.66. The van der Waals surface area contributed by atoms with Gasteiger partial charge in [0, 0.05) is 0 Å². The number of unbranched alkanes of at least 4 members (excludes halogenated alkanes) is 45. The predicted octanol–water partition coefficient (Wildman–Crippen LogP) is 14.5. The monoisotopic (exact) mass is 1060 g/mol. The topological polar surface area (TPSA) is 189 Å². The van der Waals surface area contributed by atoms with Crippen molar-refractivity contribution >= 4 is 5.91 Å². The molecule has 8 N–H and O–H groups in total. The van der Waals surface area contributed by atoms with E-state index in [1.807, 2.05) is 0 Å². The Balaban J connectivity index is 2.20. The summed E-state index contributed by atoms with van der Waals surface area (Å²) < 4.78 is 11.2. The van der Waals surface area contributed by atoms with Crippen LogP contribution in [0.2, 0.25) is 0 Å². The van der Waals surface area contributed by atoms with E-state index in [-0.39, 0.29) is 6.42 Å². The highest BCUT2D eigenvalue weighted by Crippen LogP contribution is 2.24. The van der Waals surface area contributed by atoms with Crippen LogP contribution in [0, 0.1) is 0 Å². The highest BCUT2D eigenvalue weighted by Gasteiger charge is 2.44. The second kappa shape index (κ2) is 52.8. The third-order valence-corrected chi connectivity index (χ3v) is 16.2. The molecule has 74 heavy (non-hydrogen) atoms. The molecule has 0 spiro atoms. The SMILES string of the molecule is CCCCCCCCCCCCCCCCCCCCCCCCCCCCCCCCC(O)C(O)C(COC1OC(CO)C(O)C(O)C1O)NC(=O)C(O)CCCCCCCCCCCCCCCCCCC. The van der Waals surface area contributed by atoms with E-state index in [1.54, 1.807) is 0 Å². The van der Waals surface area contributed by atoms with Gasteiger partial charge in [0.25, 0.3) is 0 Å². The zero-order chi connectivity index (χ0) is 54.0. The Labute approximate surface area is 456 Å². The van der Waals surface area contributed by atoms with Gasteiger partial charge in [-0.05, 0) is 12.8 Å². The van der Waals surface area contributed by atoms with Crippen LogP contribution >= 0.6 is 0 Å². The first-order valence-electron chi connectivity index (χ1n) is 32.4. The lowest BCUT2D eigenvalue weighted by molar-refractivity contribution is -0.303. The smallest absolute Gasteiger partial charge is 0.249 e. The van der Waals surface area contributed by atoms with Gasteiger partial charge in [-0.15, -0.1) is 0 Å². The zero-order valence-electron chi connectivity index (χ0n) is 48.6. The van der Waals surface area contributed by atoms with Crippen molar-refractivity contribution in [2.24, 2.45) is 0 Å². The number of hydrogen-bond acceptors (Lipinski definition) is 10. The first-order valence-corrected chi connectivity index (χ1v) is 32.4. The van der Waals surface area contributed by atoms with Gasteiger partial charge in [-0.2, -0.15) is 0 Å². The van der Waals surface area contributed by atoms with Crippen LogP contribution in [-0.2, 0) is 14.3 Å². The van der Waals surface area contributed by atoms with Crippen LogP contribution in [0.3, 0.4) is 0 Å². The minimum Gasteiger partial charge on any atom is -0.394 e. The summed E-state index contributed by atoms with van der Waals surface area (Å²) in [5.74, 6) is -0.689.